The van der Waals surface area contributed by atoms with Gasteiger partial charge in [0.05, 0.1) is 0 Å². The predicted octanol–water partition coefficient (Wildman–Crippen LogP) is 1.77. The Morgan fingerprint density at radius 3 is 2.67 bits per heavy atom. The molecule has 0 radical (unpaired) electrons. The van der Waals surface area contributed by atoms with E-state index in [2.05, 4.69) is 5.32 Å². The van der Waals surface area contributed by atoms with Crippen molar-refractivity contribution in [2.24, 2.45) is 0 Å². The number of hydrogen-bond donors (Lipinski definition) is 1. The molecule has 1 fully saturated rings. The third kappa shape index (κ3) is 2.61. The fourth-order valence-corrected chi connectivity index (χ4v) is 1.89. The Kier molecular flexibility index (Phi) is 4.33. The van der Waals surface area contributed by atoms with Gasteiger partial charge in [-0.25, -0.2) is 0 Å². The summed E-state index contributed by atoms with van der Waals surface area (Å²) in [6.07, 6.45) is 4.88. The van der Waals surface area contributed by atoms with Crippen molar-refractivity contribution in [3.05, 3.63) is 0 Å². The van der Waals surface area contributed by atoms with E-state index < -0.39 is 0 Å². The van der Waals surface area contributed by atoms with Crippen LogP contribution in [0.15, 0.2) is 0 Å². The maximum absolute atomic E-state index is 5.88. The van der Waals surface area contributed by atoms with Crippen LogP contribution in [0.3, 0.4) is 0 Å². The largest absolute Gasteiger partial charge is 0.385 e. The molecule has 2 nitrogen and oxygen atoms in total. The van der Waals surface area contributed by atoms with Gasteiger partial charge >= 0.3 is 0 Å². The Morgan fingerprint density at radius 2 is 2.25 bits per heavy atom. The lowest BCUT2D eigenvalue weighted by Gasteiger charge is -2.41. The molecule has 0 amide bonds. The van der Waals surface area contributed by atoms with Crippen molar-refractivity contribution in [3.8, 4) is 0 Å². The zero-order valence-electron chi connectivity index (χ0n) is 7.74. The van der Waals surface area contributed by atoms with Crippen LogP contribution in [-0.4, -0.2) is 31.7 Å². The maximum Gasteiger partial charge on any atom is 0.0474 e. The van der Waals surface area contributed by atoms with Crippen LogP contribution < -0.4 is 5.32 Å². The van der Waals surface area contributed by atoms with Gasteiger partial charge < -0.3 is 10.1 Å². The van der Waals surface area contributed by atoms with Gasteiger partial charge in [-0.3, -0.25) is 0 Å². The molecule has 1 rings (SSSR count). The van der Waals surface area contributed by atoms with Crippen LogP contribution in [-0.2, 0) is 4.74 Å². The number of ether oxygens (including phenoxy) is 1. The second kappa shape index (κ2) is 5.05. The van der Waals surface area contributed by atoms with Crippen molar-refractivity contribution in [3.63, 3.8) is 0 Å². The predicted molar refractivity (Wildman–Crippen MR) is 51.8 cm³/mol. The molecule has 12 heavy (non-hydrogen) atoms. The first-order valence-electron chi connectivity index (χ1n) is 4.63. The van der Waals surface area contributed by atoms with Crippen LogP contribution in [0.4, 0.5) is 0 Å². The minimum absolute atomic E-state index is 0.273. The molecule has 1 aliphatic carbocycles. The van der Waals surface area contributed by atoms with Gasteiger partial charge in [0.2, 0.25) is 0 Å². The molecular formula is C9H18ClNO. The van der Waals surface area contributed by atoms with E-state index in [1.54, 1.807) is 7.11 Å². The van der Waals surface area contributed by atoms with Crippen LogP contribution >= 0.6 is 11.6 Å². The Hall–Kier alpha value is 0.210. The molecule has 0 aromatic carbocycles. The summed E-state index contributed by atoms with van der Waals surface area (Å²) < 4.78 is 4.97. The molecule has 0 aromatic rings. The average molecular weight is 192 g/mol. The Morgan fingerprint density at radius 1 is 1.50 bits per heavy atom. The SMILES string of the molecule is COCCCNC1(CCl)CCC1. The molecule has 0 heterocycles. The number of alkyl halides is 1. The van der Waals surface area contributed by atoms with Gasteiger partial charge in [-0.1, -0.05) is 0 Å². The van der Waals surface area contributed by atoms with Crippen molar-refractivity contribution < 1.29 is 4.74 Å². The summed E-state index contributed by atoms with van der Waals surface area (Å²) in [6.45, 7) is 1.87. The minimum atomic E-state index is 0.273. The van der Waals surface area contributed by atoms with Crippen LogP contribution in [0.5, 0.6) is 0 Å². The highest BCUT2D eigenvalue weighted by Crippen LogP contribution is 2.32. The van der Waals surface area contributed by atoms with E-state index in [1.807, 2.05) is 0 Å². The quantitative estimate of drug-likeness (QED) is 0.511. The average Bonchev–Trinajstić information content (AvgIpc) is 2.02. The van der Waals surface area contributed by atoms with E-state index in [0.29, 0.717) is 0 Å². The van der Waals surface area contributed by atoms with Crippen LogP contribution in [0, 0.1) is 0 Å². The smallest absolute Gasteiger partial charge is 0.0474 e. The van der Waals surface area contributed by atoms with Crippen molar-refractivity contribution in [2.45, 2.75) is 31.2 Å². The molecule has 0 saturated heterocycles. The number of hydrogen-bond acceptors (Lipinski definition) is 2. The van der Waals surface area contributed by atoms with Gasteiger partial charge in [0, 0.05) is 25.1 Å². The highest BCUT2D eigenvalue weighted by atomic mass is 35.5. The number of halogens is 1. The Labute approximate surface area is 79.6 Å². The van der Waals surface area contributed by atoms with Crippen LogP contribution in [0.2, 0.25) is 0 Å². The molecule has 0 bridgehead atoms. The van der Waals surface area contributed by atoms with E-state index in [0.717, 1.165) is 25.5 Å². The number of rotatable bonds is 6. The molecular weight excluding hydrogens is 174 g/mol. The van der Waals surface area contributed by atoms with Gasteiger partial charge in [-0.15, -0.1) is 11.6 Å². The minimum Gasteiger partial charge on any atom is -0.385 e. The van der Waals surface area contributed by atoms with E-state index in [1.165, 1.54) is 19.3 Å². The fourth-order valence-electron chi connectivity index (χ4n) is 1.53. The standard InChI is InChI=1S/C9H18ClNO/c1-12-7-3-6-11-9(8-10)4-2-5-9/h11H,2-8H2,1H3. The zero-order valence-corrected chi connectivity index (χ0v) is 8.49. The maximum atomic E-state index is 5.88. The van der Waals surface area contributed by atoms with Gasteiger partial charge in [0.15, 0.2) is 0 Å². The lowest BCUT2D eigenvalue weighted by Crippen LogP contribution is -2.52. The lowest BCUT2D eigenvalue weighted by molar-refractivity contribution is 0.174. The molecule has 72 valence electrons. The normalized spacial score (nSPS) is 20.5. The summed E-state index contributed by atoms with van der Waals surface area (Å²) in [5.41, 5.74) is 0.273. The van der Waals surface area contributed by atoms with Gasteiger partial charge in [-0.05, 0) is 32.2 Å². The summed E-state index contributed by atoms with van der Waals surface area (Å²) >= 11 is 5.88. The van der Waals surface area contributed by atoms with Crippen molar-refractivity contribution in [1.82, 2.24) is 5.32 Å². The van der Waals surface area contributed by atoms with Crippen molar-refractivity contribution >= 4 is 11.6 Å². The number of nitrogens with one attached hydrogen (secondary N) is 1. The summed E-state index contributed by atoms with van der Waals surface area (Å²) in [4.78, 5) is 0. The number of methoxy groups -OCH3 is 1. The molecule has 0 unspecified atom stereocenters. The van der Waals surface area contributed by atoms with Gasteiger partial charge in [-0.2, -0.15) is 0 Å². The summed E-state index contributed by atoms with van der Waals surface area (Å²) in [5.74, 6) is 0.750. The fraction of sp³-hybridized carbons (Fsp3) is 1.00. The topological polar surface area (TPSA) is 21.3 Å². The third-order valence-electron chi connectivity index (χ3n) is 2.59. The highest BCUT2D eigenvalue weighted by molar-refractivity contribution is 6.18. The first-order chi connectivity index (χ1) is 5.83. The first kappa shape index (κ1) is 10.3. The van der Waals surface area contributed by atoms with Crippen LogP contribution in [0.1, 0.15) is 25.7 Å². The summed E-state index contributed by atoms with van der Waals surface area (Å²) in [5, 5.41) is 3.51. The Bertz CT molecular complexity index is 120. The van der Waals surface area contributed by atoms with E-state index in [4.69, 9.17) is 16.3 Å². The second-order valence-electron chi connectivity index (χ2n) is 3.54. The monoisotopic (exact) mass is 191 g/mol. The summed E-state index contributed by atoms with van der Waals surface area (Å²) in [6, 6.07) is 0. The first-order valence-corrected chi connectivity index (χ1v) is 5.16. The van der Waals surface area contributed by atoms with E-state index >= 15 is 0 Å². The molecule has 0 aromatic heterocycles. The van der Waals surface area contributed by atoms with Crippen molar-refractivity contribution in [2.75, 3.05) is 26.1 Å². The molecule has 3 heteroatoms. The zero-order chi connectivity index (χ0) is 8.86. The summed E-state index contributed by atoms with van der Waals surface area (Å²) in [7, 11) is 1.74. The van der Waals surface area contributed by atoms with Crippen LogP contribution in [0.25, 0.3) is 0 Å². The van der Waals surface area contributed by atoms with Gasteiger partial charge in [0.25, 0.3) is 0 Å². The second-order valence-corrected chi connectivity index (χ2v) is 3.81. The Balaban J connectivity index is 2.04. The molecule has 1 saturated carbocycles. The third-order valence-corrected chi connectivity index (χ3v) is 3.10. The molecule has 0 spiro atoms. The highest BCUT2D eigenvalue weighted by Gasteiger charge is 2.34. The molecule has 0 atom stereocenters. The van der Waals surface area contributed by atoms with Gasteiger partial charge in [0.1, 0.15) is 0 Å². The molecule has 1 aliphatic rings. The molecule has 1 N–H and O–H groups in total. The molecule has 0 aliphatic heterocycles. The van der Waals surface area contributed by atoms with E-state index in [9.17, 15) is 0 Å². The van der Waals surface area contributed by atoms with E-state index in [-0.39, 0.29) is 5.54 Å². The van der Waals surface area contributed by atoms with Crippen molar-refractivity contribution in [1.29, 1.82) is 0 Å². The lowest BCUT2D eigenvalue weighted by atomic mass is 9.78.